The first-order valence-electron chi connectivity index (χ1n) is 9.12. The number of hydrogen-bond donors (Lipinski definition) is 2. The lowest BCUT2D eigenvalue weighted by Gasteiger charge is -2.35. The number of H-pyrrole nitrogens is 1. The Morgan fingerprint density at radius 3 is 3.16 bits per heavy atom. The molecule has 2 atom stereocenters. The van der Waals surface area contributed by atoms with Gasteiger partial charge in [0.25, 0.3) is 0 Å². The van der Waals surface area contributed by atoms with Crippen molar-refractivity contribution in [3.05, 3.63) is 35.5 Å². The van der Waals surface area contributed by atoms with E-state index >= 15 is 0 Å². The molecule has 0 spiro atoms. The van der Waals surface area contributed by atoms with E-state index in [2.05, 4.69) is 47.6 Å². The summed E-state index contributed by atoms with van der Waals surface area (Å²) in [6, 6.07) is 10.4. The van der Waals surface area contributed by atoms with E-state index < -0.39 is 0 Å². The van der Waals surface area contributed by atoms with Crippen LogP contribution in [0.1, 0.15) is 37.4 Å². The summed E-state index contributed by atoms with van der Waals surface area (Å²) in [6.07, 6.45) is 4.65. The van der Waals surface area contributed by atoms with Gasteiger partial charge in [0.05, 0.1) is 12.6 Å². The molecule has 1 aliphatic heterocycles. The van der Waals surface area contributed by atoms with Gasteiger partial charge in [-0.2, -0.15) is 5.26 Å². The zero-order chi connectivity index (χ0) is 17.4. The zero-order valence-electron chi connectivity index (χ0n) is 14.6. The average molecular weight is 336 g/mol. The van der Waals surface area contributed by atoms with Crippen LogP contribution in [0.3, 0.4) is 0 Å². The third kappa shape index (κ3) is 2.91. The summed E-state index contributed by atoms with van der Waals surface area (Å²) >= 11 is 0. The van der Waals surface area contributed by atoms with Gasteiger partial charge in [0.1, 0.15) is 6.04 Å². The van der Waals surface area contributed by atoms with Crippen LogP contribution in [-0.2, 0) is 17.6 Å². The Balaban J connectivity index is 1.46. The van der Waals surface area contributed by atoms with Crippen LogP contribution in [0.15, 0.2) is 24.3 Å². The molecule has 1 aliphatic carbocycles. The lowest BCUT2D eigenvalue weighted by atomic mass is 9.81. The first kappa shape index (κ1) is 16.2. The number of benzene rings is 1. The summed E-state index contributed by atoms with van der Waals surface area (Å²) < 4.78 is 0. The molecule has 0 radical (unpaired) electrons. The molecule has 130 valence electrons. The number of amides is 1. The minimum absolute atomic E-state index is 0.0509. The van der Waals surface area contributed by atoms with Crippen LogP contribution in [0.25, 0.3) is 10.9 Å². The van der Waals surface area contributed by atoms with Gasteiger partial charge in [0.2, 0.25) is 5.91 Å². The highest BCUT2D eigenvalue weighted by atomic mass is 16.2. The molecule has 5 nitrogen and oxygen atoms in total. The zero-order valence-corrected chi connectivity index (χ0v) is 14.6. The number of fused-ring (bicyclic) bond motifs is 3. The second-order valence-electron chi connectivity index (χ2n) is 7.59. The predicted octanol–water partition coefficient (Wildman–Crippen LogP) is 2.52. The summed E-state index contributed by atoms with van der Waals surface area (Å²) in [5.74, 6) is 0.0509. The third-order valence-corrected chi connectivity index (χ3v) is 5.78. The lowest BCUT2D eigenvalue weighted by Crippen LogP contribution is -2.51. The number of aromatic nitrogens is 1. The normalized spacial score (nSPS) is 25.8. The monoisotopic (exact) mass is 336 g/mol. The number of nitriles is 1. The highest BCUT2D eigenvalue weighted by molar-refractivity contribution is 5.85. The van der Waals surface area contributed by atoms with Gasteiger partial charge in [-0.3, -0.25) is 4.79 Å². The molecule has 2 aliphatic rings. The minimum Gasteiger partial charge on any atom is -0.358 e. The van der Waals surface area contributed by atoms with Crippen molar-refractivity contribution in [2.45, 2.75) is 50.6 Å². The summed E-state index contributed by atoms with van der Waals surface area (Å²) in [5.41, 5.74) is 3.81. The molecule has 5 heteroatoms. The Labute approximate surface area is 148 Å². The molecule has 1 fully saturated rings. The topological polar surface area (TPSA) is 71.9 Å². The number of aromatic amines is 1. The van der Waals surface area contributed by atoms with Crippen LogP contribution in [0, 0.1) is 11.3 Å². The molecule has 0 bridgehead atoms. The predicted molar refractivity (Wildman–Crippen MR) is 97.1 cm³/mol. The maximum absolute atomic E-state index is 12.5. The van der Waals surface area contributed by atoms with E-state index in [1.165, 1.54) is 22.2 Å². The van der Waals surface area contributed by atoms with E-state index in [0.29, 0.717) is 13.1 Å². The van der Waals surface area contributed by atoms with Gasteiger partial charge >= 0.3 is 0 Å². The van der Waals surface area contributed by atoms with Crippen molar-refractivity contribution >= 4 is 16.8 Å². The fourth-order valence-corrected chi connectivity index (χ4v) is 4.29. The van der Waals surface area contributed by atoms with Gasteiger partial charge in [-0.05, 0) is 50.7 Å². The number of rotatable bonds is 3. The molecule has 2 N–H and O–H groups in total. The highest BCUT2D eigenvalue weighted by Crippen LogP contribution is 2.33. The molecule has 2 aromatic rings. The van der Waals surface area contributed by atoms with Crippen molar-refractivity contribution in [3.63, 3.8) is 0 Å². The Hall–Kier alpha value is -2.32. The van der Waals surface area contributed by atoms with Crippen LogP contribution in [0.2, 0.25) is 0 Å². The van der Waals surface area contributed by atoms with Crippen LogP contribution < -0.4 is 5.32 Å². The Morgan fingerprint density at radius 1 is 1.48 bits per heavy atom. The maximum atomic E-state index is 12.5. The van der Waals surface area contributed by atoms with Crippen molar-refractivity contribution < 1.29 is 4.79 Å². The Bertz CT molecular complexity index is 849. The molecule has 4 rings (SSSR count). The molecule has 1 amide bonds. The van der Waals surface area contributed by atoms with Crippen LogP contribution >= 0.6 is 0 Å². The second-order valence-corrected chi connectivity index (χ2v) is 7.59. The summed E-state index contributed by atoms with van der Waals surface area (Å²) in [6.45, 7) is 3.23. The fraction of sp³-hybridized carbons (Fsp3) is 0.500. The van der Waals surface area contributed by atoms with E-state index in [-0.39, 0.29) is 17.5 Å². The molecule has 1 unspecified atom stereocenters. The van der Waals surface area contributed by atoms with Crippen molar-refractivity contribution in [2.75, 3.05) is 13.1 Å². The van der Waals surface area contributed by atoms with Gasteiger partial charge in [-0.1, -0.05) is 18.2 Å². The van der Waals surface area contributed by atoms with E-state index in [9.17, 15) is 10.1 Å². The van der Waals surface area contributed by atoms with E-state index in [1.807, 2.05) is 0 Å². The maximum Gasteiger partial charge on any atom is 0.237 e. The number of hydrogen-bond acceptors (Lipinski definition) is 3. The standard InChI is InChI=1S/C20H24N4O/c1-20(22-13-19(25)24-10-4-5-14(24)12-21)9-8-18-16(11-20)15-6-2-3-7-17(15)23-18/h2-3,6-7,14,22-23H,4-5,8-11,13H2,1H3/t14-,20?/m0/s1. The van der Waals surface area contributed by atoms with Gasteiger partial charge in [-0.15, -0.1) is 0 Å². The molecular formula is C20H24N4O. The molecule has 1 saturated heterocycles. The summed E-state index contributed by atoms with van der Waals surface area (Å²) in [4.78, 5) is 17.8. The van der Waals surface area contributed by atoms with E-state index in [0.717, 1.165) is 32.1 Å². The van der Waals surface area contributed by atoms with Crippen LogP contribution in [0.5, 0.6) is 0 Å². The summed E-state index contributed by atoms with van der Waals surface area (Å²) in [7, 11) is 0. The Morgan fingerprint density at radius 2 is 2.32 bits per heavy atom. The molecule has 1 aromatic heterocycles. The lowest BCUT2D eigenvalue weighted by molar-refractivity contribution is -0.130. The molecule has 2 heterocycles. The number of likely N-dealkylation sites (tertiary alicyclic amines) is 1. The van der Waals surface area contributed by atoms with Crippen LogP contribution in [0.4, 0.5) is 0 Å². The first-order chi connectivity index (χ1) is 12.1. The Kier molecular flexibility index (Phi) is 4.01. The molecular weight excluding hydrogens is 312 g/mol. The van der Waals surface area contributed by atoms with Crippen molar-refractivity contribution in [1.82, 2.24) is 15.2 Å². The minimum atomic E-state index is -0.242. The van der Waals surface area contributed by atoms with Gasteiger partial charge in [-0.25, -0.2) is 0 Å². The molecule has 1 aromatic carbocycles. The third-order valence-electron chi connectivity index (χ3n) is 5.78. The van der Waals surface area contributed by atoms with E-state index in [1.54, 1.807) is 4.90 Å². The van der Waals surface area contributed by atoms with Gasteiger partial charge in [0, 0.05) is 28.7 Å². The van der Waals surface area contributed by atoms with Crippen LogP contribution in [-0.4, -0.2) is 40.5 Å². The quantitative estimate of drug-likeness (QED) is 0.905. The number of nitrogens with one attached hydrogen (secondary N) is 2. The summed E-state index contributed by atoms with van der Waals surface area (Å²) in [5, 5.41) is 14.0. The number of carbonyl (C=O) groups is 1. The van der Waals surface area contributed by atoms with Gasteiger partial charge in [0.15, 0.2) is 0 Å². The number of carbonyl (C=O) groups excluding carboxylic acids is 1. The largest absolute Gasteiger partial charge is 0.358 e. The molecule has 25 heavy (non-hydrogen) atoms. The second kappa shape index (κ2) is 6.20. The van der Waals surface area contributed by atoms with Crippen molar-refractivity contribution in [3.8, 4) is 6.07 Å². The first-order valence-corrected chi connectivity index (χ1v) is 9.12. The number of para-hydroxylation sites is 1. The molecule has 0 saturated carbocycles. The van der Waals surface area contributed by atoms with Crippen molar-refractivity contribution in [2.24, 2.45) is 0 Å². The van der Waals surface area contributed by atoms with E-state index in [4.69, 9.17) is 0 Å². The smallest absolute Gasteiger partial charge is 0.237 e. The number of nitrogens with zero attached hydrogens (tertiary/aromatic N) is 2. The SMILES string of the molecule is CC1(NCC(=O)N2CCC[C@H]2C#N)CCc2[nH]c3ccccc3c2C1. The number of aryl methyl sites for hydroxylation is 1. The average Bonchev–Trinajstić information content (AvgIpc) is 3.24. The fourth-order valence-electron chi connectivity index (χ4n) is 4.29. The highest BCUT2D eigenvalue weighted by Gasteiger charge is 2.34. The van der Waals surface area contributed by atoms with Gasteiger partial charge < -0.3 is 15.2 Å². The van der Waals surface area contributed by atoms with Crippen molar-refractivity contribution in [1.29, 1.82) is 5.26 Å².